The number of pyridine rings is 1. The zero-order valence-corrected chi connectivity index (χ0v) is 20.7. The number of aromatic nitrogens is 1. The molecule has 6 rings (SSSR count). The molecule has 6 heteroatoms. The first-order valence-corrected chi connectivity index (χ1v) is 12.8. The predicted molar refractivity (Wildman–Crippen MR) is 148 cm³/mol. The minimum Gasteiger partial charge on any atom is -0.378 e. The van der Waals surface area contributed by atoms with Gasteiger partial charge in [-0.3, -0.25) is 0 Å². The highest BCUT2D eigenvalue weighted by atomic mass is 16.5. The summed E-state index contributed by atoms with van der Waals surface area (Å²) in [4.78, 5) is 9.89. The lowest BCUT2D eigenvalue weighted by Crippen LogP contribution is -2.37. The summed E-state index contributed by atoms with van der Waals surface area (Å²) in [5.41, 5.74) is 8.90. The number of benzene rings is 3. The molecular formula is C30H32N4O2. The van der Waals surface area contributed by atoms with Gasteiger partial charge in [-0.2, -0.15) is 0 Å². The largest absolute Gasteiger partial charge is 0.378 e. The van der Waals surface area contributed by atoms with Gasteiger partial charge in [0.15, 0.2) is 0 Å². The Morgan fingerprint density at radius 2 is 1.42 bits per heavy atom. The molecule has 0 saturated carbocycles. The molecule has 184 valence electrons. The van der Waals surface area contributed by atoms with Crippen molar-refractivity contribution in [2.45, 2.75) is 6.92 Å². The second-order valence-corrected chi connectivity index (χ2v) is 9.37. The van der Waals surface area contributed by atoms with Crippen LogP contribution in [0.4, 0.5) is 22.7 Å². The Kier molecular flexibility index (Phi) is 6.45. The number of hydrogen-bond donors (Lipinski definition) is 1. The quantitative estimate of drug-likeness (QED) is 0.400. The van der Waals surface area contributed by atoms with Gasteiger partial charge in [-0.1, -0.05) is 48.5 Å². The fourth-order valence-electron chi connectivity index (χ4n) is 5.20. The molecule has 1 aromatic heterocycles. The lowest BCUT2D eigenvalue weighted by molar-refractivity contribution is 0.122. The highest BCUT2D eigenvalue weighted by Crippen LogP contribution is 2.39. The van der Waals surface area contributed by atoms with E-state index in [1.54, 1.807) is 0 Å². The number of nitrogens with one attached hydrogen (secondary N) is 1. The van der Waals surface area contributed by atoms with E-state index in [9.17, 15) is 0 Å². The number of ether oxygens (including phenoxy) is 2. The monoisotopic (exact) mass is 480 g/mol. The molecule has 36 heavy (non-hydrogen) atoms. The van der Waals surface area contributed by atoms with E-state index in [0.29, 0.717) is 0 Å². The van der Waals surface area contributed by atoms with Crippen LogP contribution in [0.1, 0.15) is 5.56 Å². The lowest BCUT2D eigenvalue weighted by Gasteiger charge is -2.33. The molecule has 2 saturated heterocycles. The van der Waals surface area contributed by atoms with Crippen LogP contribution in [0.5, 0.6) is 0 Å². The summed E-state index contributed by atoms with van der Waals surface area (Å²) in [7, 11) is 0. The van der Waals surface area contributed by atoms with E-state index in [0.717, 1.165) is 91.7 Å². The van der Waals surface area contributed by atoms with Crippen LogP contribution in [-0.2, 0) is 9.47 Å². The van der Waals surface area contributed by atoms with Gasteiger partial charge < -0.3 is 24.6 Å². The number of para-hydroxylation sites is 1. The van der Waals surface area contributed by atoms with Crippen LogP contribution in [0.3, 0.4) is 0 Å². The van der Waals surface area contributed by atoms with Crippen molar-refractivity contribution < 1.29 is 9.47 Å². The Balaban J connectivity index is 1.48. The molecule has 2 aliphatic rings. The highest BCUT2D eigenvalue weighted by molar-refractivity contribution is 5.99. The smallest absolute Gasteiger partial charge is 0.0759 e. The number of rotatable bonds is 5. The van der Waals surface area contributed by atoms with Crippen molar-refractivity contribution in [1.29, 1.82) is 0 Å². The highest BCUT2D eigenvalue weighted by Gasteiger charge is 2.20. The summed E-state index contributed by atoms with van der Waals surface area (Å²) in [6.07, 6.45) is 0. The SMILES string of the molecule is Cc1c(-c2ccccc2)nc2ccccc2c1Nc1cc(N2CCOCC2)ccc1N1CCOCC1. The fourth-order valence-corrected chi connectivity index (χ4v) is 5.20. The van der Waals surface area contributed by atoms with Gasteiger partial charge in [0, 0.05) is 42.8 Å². The zero-order valence-electron chi connectivity index (χ0n) is 20.7. The summed E-state index contributed by atoms with van der Waals surface area (Å²) >= 11 is 0. The third-order valence-corrected chi connectivity index (χ3v) is 7.15. The Bertz CT molecular complexity index is 1350. The van der Waals surface area contributed by atoms with Crippen LogP contribution in [0.15, 0.2) is 72.8 Å². The average molecular weight is 481 g/mol. The minimum atomic E-state index is 0.750. The van der Waals surface area contributed by atoms with E-state index in [4.69, 9.17) is 14.5 Å². The van der Waals surface area contributed by atoms with Crippen molar-refractivity contribution in [3.05, 3.63) is 78.4 Å². The van der Waals surface area contributed by atoms with Crippen LogP contribution in [0.25, 0.3) is 22.2 Å². The molecule has 0 radical (unpaired) electrons. The van der Waals surface area contributed by atoms with E-state index in [-0.39, 0.29) is 0 Å². The molecule has 4 aromatic rings. The first-order chi connectivity index (χ1) is 17.8. The minimum absolute atomic E-state index is 0.750. The van der Waals surface area contributed by atoms with Crippen LogP contribution in [0, 0.1) is 6.92 Å². The number of anilines is 4. The molecular weight excluding hydrogens is 448 g/mol. The summed E-state index contributed by atoms with van der Waals surface area (Å²) in [5.74, 6) is 0. The fraction of sp³-hybridized carbons (Fsp3) is 0.300. The van der Waals surface area contributed by atoms with Gasteiger partial charge in [0.1, 0.15) is 0 Å². The standard InChI is InChI=1S/C30H32N4O2/c1-22-29(23-7-3-2-4-8-23)31-26-10-6-5-9-25(26)30(22)32-27-21-24(33-13-17-35-18-14-33)11-12-28(27)34-15-19-36-20-16-34/h2-12,21H,13-20H2,1H3,(H,31,32). The van der Waals surface area contributed by atoms with Crippen molar-refractivity contribution >= 4 is 33.7 Å². The number of nitrogens with zero attached hydrogens (tertiary/aromatic N) is 3. The predicted octanol–water partition coefficient (Wildman–Crippen LogP) is 5.63. The third kappa shape index (κ3) is 4.50. The van der Waals surface area contributed by atoms with Crippen molar-refractivity contribution in [3.63, 3.8) is 0 Å². The molecule has 1 N–H and O–H groups in total. The van der Waals surface area contributed by atoms with Gasteiger partial charge in [-0.15, -0.1) is 0 Å². The first-order valence-electron chi connectivity index (χ1n) is 12.8. The lowest BCUT2D eigenvalue weighted by atomic mass is 10.0. The Morgan fingerprint density at radius 3 is 2.17 bits per heavy atom. The normalized spacial score (nSPS) is 16.4. The molecule has 0 atom stereocenters. The maximum Gasteiger partial charge on any atom is 0.0759 e. The molecule has 3 heterocycles. The van der Waals surface area contributed by atoms with E-state index in [2.05, 4.69) is 88.8 Å². The van der Waals surface area contributed by atoms with Gasteiger partial charge in [0.2, 0.25) is 0 Å². The van der Waals surface area contributed by atoms with Gasteiger partial charge >= 0.3 is 0 Å². The van der Waals surface area contributed by atoms with Crippen molar-refractivity contribution in [2.75, 3.05) is 67.7 Å². The van der Waals surface area contributed by atoms with Crippen molar-refractivity contribution in [2.24, 2.45) is 0 Å². The Morgan fingerprint density at radius 1 is 0.750 bits per heavy atom. The summed E-state index contributed by atoms with van der Waals surface area (Å²) in [5, 5.41) is 5.01. The molecule has 3 aromatic carbocycles. The number of fused-ring (bicyclic) bond motifs is 1. The topological polar surface area (TPSA) is 49.9 Å². The Labute approximate surface area is 212 Å². The van der Waals surface area contributed by atoms with Crippen molar-refractivity contribution in [1.82, 2.24) is 4.98 Å². The van der Waals surface area contributed by atoms with E-state index < -0.39 is 0 Å². The van der Waals surface area contributed by atoms with E-state index in [1.807, 2.05) is 6.07 Å². The molecule has 0 spiro atoms. The second kappa shape index (κ2) is 10.2. The van der Waals surface area contributed by atoms with Gasteiger partial charge in [-0.25, -0.2) is 4.98 Å². The average Bonchev–Trinajstić information content (AvgIpc) is 2.96. The number of hydrogen-bond acceptors (Lipinski definition) is 6. The maximum atomic E-state index is 5.65. The molecule has 2 aliphatic heterocycles. The Hall–Kier alpha value is -3.61. The van der Waals surface area contributed by atoms with Crippen LogP contribution >= 0.6 is 0 Å². The van der Waals surface area contributed by atoms with Crippen LogP contribution in [-0.4, -0.2) is 57.6 Å². The summed E-state index contributed by atoms with van der Waals surface area (Å²) in [6.45, 7) is 8.79. The molecule has 6 nitrogen and oxygen atoms in total. The van der Waals surface area contributed by atoms with Crippen molar-refractivity contribution in [3.8, 4) is 11.3 Å². The molecule has 0 bridgehead atoms. The van der Waals surface area contributed by atoms with Crippen LogP contribution < -0.4 is 15.1 Å². The van der Waals surface area contributed by atoms with Gasteiger partial charge in [0.25, 0.3) is 0 Å². The molecule has 0 unspecified atom stereocenters. The second-order valence-electron chi connectivity index (χ2n) is 9.37. The molecule has 0 amide bonds. The third-order valence-electron chi connectivity index (χ3n) is 7.15. The zero-order chi connectivity index (χ0) is 24.3. The maximum absolute atomic E-state index is 5.65. The van der Waals surface area contributed by atoms with E-state index >= 15 is 0 Å². The first kappa shape index (κ1) is 22.8. The summed E-state index contributed by atoms with van der Waals surface area (Å²) < 4.78 is 11.2. The van der Waals surface area contributed by atoms with Crippen LogP contribution in [0.2, 0.25) is 0 Å². The van der Waals surface area contributed by atoms with Gasteiger partial charge in [-0.05, 0) is 36.8 Å². The van der Waals surface area contributed by atoms with Gasteiger partial charge in [0.05, 0.1) is 54.7 Å². The molecule has 2 fully saturated rings. The number of morpholine rings is 2. The molecule has 0 aliphatic carbocycles. The van der Waals surface area contributed by atoms with E-state index in [1.165, 1.54) is 11.4 Å². The summed E-state index contributed by atoms with van der Waals surface area (Å²) in [6, 6.07) is 25.7.